The van der Waals surface area contributed by atoms with Crippen LogP contribution < -0.4 is 4.80 Å². The van der Waals surface area contributed by atoms with Crippen molar-refractivity contribution in [3.8, 4) is 11.3 Å². The Kier molecular flexibility index (Phi) is 4.48. The van der Waals surface area contributed by atoms with Gasteiger partial charge in [0.05, 0.1) is 11.9 Å². The van der Waals surface area contributed by atoms with Gasteiger partial charge in [-0.2, -0.15) is 5.10 Å². The van der Waals surface area contributed by atoms with Gasteiger partial charge in [-0.3, -0.25) is 4.99 Å². The largest absolute Gasteiger partial charge is 0.261 e. The number of aromatic nitrogens is 1. The molecule has 3 nitrogen and oxygen atoms in total. The van der Waals surface area contributed by atoms with Crippen LogP contribution in [0.1, 0.15) is 11.1 Å². The van der Waals surface area contributed by atoms with Crippen LogP contribution in [0, 0.1) is 12.7 Å². The summed E-state index contributed by atoms with van der Waals surface area (Å²) in [7, 11) is 1.74. The van der Waals surface area contributed by atoms with Crippen molar-refractivity contribution in [2.45, 2.75) is 6.92 Å². The lowest BCUT2D eigenvalue weighted by Crippen LogP contribution is -2.11. The van der Waals surface area contributed by atoms with Gasteiger partial charge in [-0.15, -0.1) is 11.3 Å². The zero-order valence-electron chi connectivity index (χ0n) is 12.9. The van der Waals surface area contributed by atoms with Gasteiger partial charge in [0.25, 0.3) is 0 Å². The Morgan fingerprint density at radius 3 is 2.39 bits per heavy atom. The maximum atomic E-state index is 13.0. The van der Waals surface area contributed by atoms with Gasteiger partial charge in [-0.25, -0.2) is 9.07 Å². The van der Waals surface area contributed by atoms with Crippen molar-refractivity contribution in [2.24, 2.45) is 10.1 Å². The molecule has 0 saturated carbocycles. The summed E-state index contributed by atoms with van der Waals surface area (Å²) in [6, 6.07) is 14.5. The summed E-state index contributed by atoms with van der Waals surface area (Å²) >= 11 is 1.54. The minimum absolute atomic E-state index is 0.255. The minimum Gasteiger partial charge on any atom is -0.261 e. The number of aryl methyl sites for hydroxylation is 1. The van der Waals surface area contributed by atoms with E-state index in [9.17, 15) is 4.39 Å². The van der Waals surface area contributed by atoms with Crippen LogP contribution in [0.3, 0.4) is 0 Å². The van der Waals surface area contributed by atoms with Gasteiger partial charge in [0.1, 0.15) is 5.82 Å². The predicted octanol–water partition coefficient (Wildman–Crippen LogP) is 4.08. The quantitative estimate of drug-likeness (QED) is 0.650. The van der Waals surface area contributed by atoms with Crippen molar-refractivity contribution in [1.82, 2.24) is 4.68 Å². The number of hydrogen-bond acceptors (Lipinski definition) is 3. The summed E-state index contributed by atoms with van der Waals surface area (Å²) in [4.78, 5) is 5.07. The molecule has 0 unspecified atom stereocenters. The summed E-state index contributed by atoms with van der Waals surface area (Å²) in [5.74, 6) is -0.255. The van der Waals surface area contributed by atoms with Crippen LogP contribution in [0.4, 0.5) is 4.39 Å². The first-order valence-electron chi connectivity index (χ1n) is 7.18. The number of rotatable bonds is 3. The fourth-order valence-corrected chi connectivity index (χ4v) is 2.96. The molecule has 1 aromatic heterocycles. The second kappa shape index (κ2) is 6.71. The highest BCUT2D eigenvalue weighted by molar-refractivity contribution is 7.07. The van der Waals surface area contributed by atoms with Crippen LogP contribution in [0.2, 0.25) is 0 Å². The molecule has 1 heterocycles. The van der Waals surface area contributed by atoms with E-state index in [4.69, 9.17) is 0 Å². The Hall–Kier alpha value is -2.53. The van der Waals surface area contributed by atoms with Crippen molar-refractivity contribution < 1.29 is 4.39 Å². The molecule has 116 valence electrons. The molecule has 2 aromatic carbocycles. The van der Waals surface area contributed by atoms with Crippen molar-refractivity contribution in [1.29, 1.82) is 0 Å². The summed E-state index contributed by atoms with van der Waals surface area (Å²) in [6.45, 7) is 2.06. The van der Waals surface area contributed by atoms with E-state index >= 15 is 0 Å². The summed E-state index contributed by atoms with van der Waals surface area (Å²) in [5, 5.41) is 6.56. The van der Waals surface area contributed by atoms with E-state index in [0.29, 0.717) is 0 Å². The number of thiazole rings is 1. The third-order valence-electron chi connectivity index (χ3n) is 3.42. The first-order chi connectivity index (χ1) is 11.2. The summed E-state index contributed by atoms with van der Waals surface area (Å²) < 4.78 is 14.8. The topological polar surface area (TPSA) is 29.6 Å². The van der Waals surface area contributed by atoms with E-state index in [-0.39, 0.29) is 5.82 Å². The lowest BCUT2D eigenvalue weighted by Gasteiger charge is -2.04. The van der Waals surface area contributed by atoms with E-state index < -0.39 is 0 Å². The maximum absolute atomic E-state index is 13.0. The fourth-order valence-electron chi connectivity index (χ4n) is 2.16. The molecule has 3 aromatic rings. The highest BCUT2D eigenvalue weighted by atomic mass is 32.1. The highest BCUT2D eigenvalue weighted by Gasteiger charge is 2.06. The molecule has 0 atom stereocenters. The molecule has 23 heavy (non-hydrogen) atoms. The standard InChI is InChI=1S/C18H16FN3S/c1-13-3-7-15(8-4-13)17-12-23-18(20-2)22(17)21-11-14-5-9-16(19)10-6-14/h3-12H,1-2H3/b20-18?,21-11-. The molecule has 0 aliphatic heterocycles. The smallest absolute Gasteiger partial charge is 0.205 e. The molecule has 0 N–H and O–H groups in total. The zero-order chi connectivity index (χ0) is 16.2. The SMILES string of the molecule is CN=c1scc(-c2ccc(C)cc2)n1/N=C\c1ccc(F)cc1. The van der Waals surface area contributed by atoms with Crippen LogP contribution in [0.15, 0.2) is 64.0 Å². The fraction of sp³-hybridized carbons (Fsp3) is 0.111. The molecular weight excluding hydrogens is 309 g/mol. The lowest BCUT2D eigenvalue weighted by molar-refractivity contribution is 0.628. The van der Waals surface area contributed by atoms with Gasteiger partial charge in [0.2, 0.25) is 4.80 Å². The predicted molar refractivity (Wildman–Crippen MR) is 93.4 cm³/mol. The van der Waals surface area contributed by atoms with Crippen molar-refractivity contribution in [2.75, 3.05) is 7.05 Å². The van der Waals surface area contributed by atoms with Gasteiger partial charge < -0.3 is 0 Å². The number of halogens is 1. The molecule has 0 fully saturated rings. The third kappa shape index (κ3) is 3.46. The first-order valence-corrected chi connectivity index (χ1v) is 8.05. The van der Waals surface area contributed by atoms with E-state index in [1.807, 2.05) is 5.38 Å². The molecule has 3 rings (SSSR count). The van der Waals surface area contributed by atoms with Crippen LogP contribution in [0.25, 0.3) is 11.3 Å². The number of nitrogens with zero attached hydrogens (tertiary/aromatic N) is 3. The van der Waals surface area contributed by atoms with Crippen LogP contribution in [0.5, 0.6) is 0 Å². The molecular formula is C18H16FN3S. The molecule has 0 spiro atoms. The summed E-state index contributed by atoms with van der Waals surface area (Å²) in [5.41, 5.74) is 4.11. The Labute approximate surface area is 138 Å². The van der Waals surface area contributed by atoms with Crippen LogP contribution in [-0.2, 0) is 0 Å². The molecule has 0 radical (unpaired) electrons. The second-order valence-corrected chi connectivity index (χ2v) is 5.94. The number of hydrogen-bond donors (Lipinski definition) is 0. The molecule has 5 heteroatoms. The van der Waals surface area contributed by atoms with Gasteiger partial charge in [0.15, 0.2) is 0 Å². The van der Waals surface area contributed by atoms with Gasteiger partial charge in [-0.1, -0.05) is 42.0 Å². The molecule has 0 saturated heterocycles. The molecule has 0 bridgehead atoms. The molecule has 0 aliphatic carbocycles. The Morgan fingerprint density at radius 1 is 1.04 bits per heavy atom. The van der Waals surface area contributed by atoms with Gasteiger partial charge >= 0.3 is 0 Å². The van der Waals surface area contributed by atoms with Crippen molar-refractivity contribution in [3.63, 3.8) is 0 Å². The van der Waals surface area contributed by atoms with E-state index in [2.05, 4.69) is 41.3 Å². The van der Waals surface area contributed by atoms with E-state index in [1.165, 1.54) is 29.0 Å². The Balaban J connectivity index is 2.02. The minimum atomic E-state index is -0.255. The van der Waals surface area contributed by atoms with E-state index in [0.717, 1.165) is 21.6 Å². The Morgan fingerprint density at radius 2 is 1.74 bits per heavy atom. The van der Waals surface area contributed by atoms with Crippen molar-refractivity contribution in [3.05, 3.63) is 75.7 Å². The highest BCUT2D eigenvalue weighted by Crippen LogP contribution is 2.20. The monoisotopic (exact) mass is 325 g/mol. The average Bonchev–Trinajstić information content (AvgIpc) is 2.98. The van der Waals surface area contributed by atoms with Gasteiger partial charge in [-0.05, 0) is 24.6 Å². The first kappa shape index (κ1) is 15.4. The Bertz CT molecular complexity index is 887. The number of benzene rings is 2. The summed E-state index contributed by atoms with van der Waals surface area (Å²) in [6.07, 6.45) is 1.71. The maximum Gasteiger partial charge on any atom is 0.205 e. The second-order valence-electron chi connectivity index (χ2n) is 5.10. The molecule has 0 aliphatic rings. The lowest BCUT2D eigenvalue weighted by atomic mass is 10.1. The average molecular weight is 325 g/mol. The van der Waals surface area contributed by atoms with E-state index in [1.54, 1.807) is 30.1 Å². The molecule has 0 amide bonds. The van der Waals surface area contributed by atoms with Crippen LogP contribution in [-0.4, -0.2) is 17.9 Å². The van der Waals surface area contributed by atoms with Crippen molar-refractivity contribution >= 4 is 17.6 Å². The zero-order valence-corrected chi connectivity index (χ0v) is 13.7. The third-order valence-corrected chi connectivity index (χ3v) is 4.32. The normalized spacial score (nSPS) is 12.2. The van der Waals surface area contributed by atoms with Gasteiger partial charge in [0, 0.05) is 18.0 Å². The van der Waals surface area contributed by atoms with Crippen LogP contribution >= 0.6 is 11.3 Å².